The highest BCUT2D eigenvalue weighted by Gasteiger charge is 2.28. The van der Waals surface area contributed by atoms with Crippen LogP contribution in [-0.4, -0.2) is 32.5 Å². The van der Waals surface area contributed by atoms with E-state index in [-0.39, 0.29) is 17.7 Å². The van der Waals surface area contributed by atoms with Crippen molar-refractivity contribution in [3.8, 4) is 11.1 Å². The maximum Gasteiger partial charge on any atom is 0.305 e. The normalized spacial score (nSPS) is 9.59. The Bertz CT molecular complexity index is 685. The molecule has 5 heteroatoms. The van der Waals surface area contributed by atoms with Crippen LogP contribution >= 0.6 is 0 Å². The number of ketones is 1. The van der Waals surface area contributed by atoms with Gasteiger partial charge in [0.05, 0.1) is 0 Å². The Morgan fingerprint density at radius 2 is 1.09 bits per heavy atom. The van der Waals surface area contributed by atoms with Crippen molar-refractivity contribution >= 4 is 11.8 Å². The van der Waals surface area contributed by atoms with Crippen molar-refractivity contribution in [2.45, 2.75) is 67.2 Å². The highest BCUT2D eigenvalue weighted by Crippen LogP contribution is 2.44. The van der Waals surface area contributed by atoms with Crippen LogP contribution in [0.15, 0.2) is 48.5 Å². The maximum atomic E-state index is 11.4. The molecule has 2 aromatic carbocycles. The van der Waals surface area contributed by atoms with E-state index in [0.29, 0.717) is 19.4 Å². The number of fused-ring (bicyclic) bond motifs is 3. The first kappa shape index (κ1) is 34.1. The summed E-state index contributed by atoms with van der Waals surface area (Å²) in [6.07, 6.45) is 1.09. The number of nitrogens with two attached hydrogens (primary N) is 2. The molecule has 0 fully saturated rings. The quantitative estimate of drug-likeness (QED) is 0.567. The summed E-state index contributed by atoms with van der Waals surface area (Å²) in [7, 11) is 3.00. The van der Waals surface area contributed by atoms with Crippen LogP contribution in [-0.2, 0) is 14.3 Å². The second-order valence-corrected chi connectivity index (χ2v) is 5.82. The van der Waals surface area contributed by atoms with Gasteiger partial charge in [-0.15, -0.1) is 0 Å². The van der Waals surface area contributed by atoms with E-state index in [1.54, 1.807) is 6.92 Å². The van der Waals surface area contributed by atoms with Gasteiger partial charge in [-0.2, -0.15) is 0 Å². The van der Waals surface area contributed by atoms with Gasteiger partial charge in [-0.25, -0.2) is 0 Å². The molecule has 32 heavy (non-hydrogen) atoms. The number of carbonyl (C=O) groups excluding carboxylic acids is 2. The van der Waals surface area contributed by atoms with Gasteiger partial charge in [0.1, 0.15) is 12.4 Å². The van der Waals surface area contributed by atoms with Gasteiger partial charge < -0.3 is 21.0 Å². The second kappa shape index (κ2) is 23.2. The smallest absolute Gasteiger partial charge is 0.305 e. The van der Waals surface area contributed by atoms with Gasteiger partial charge in [-0.3, -0.25) is 4.79 Å². The molecule has 0 unspecified atom stereocenters. The Balaban J connectivity index is -0.000000550. The van der Waals surface area contributed by atoms with Crippen molar-refractivity contribution in [2.75, 3.05) is 20.7 Å². The highest BCUT2D eigenvalue weighted by molar-refractivity contribution is 5.79. The molecule has 0 aromatic heterocycles. The largest absolute Gasteiger partial charge is 0.465 e. The average Bonchev–Trinajstić information content (AvgIpc) is 3.21. The van der Waals surface area contributed by atoms with E-state index in [9.17, 15) is 9.59 Å². The van der Waals surface area contributed by atoms with Crippen LogP contribution in [0.3, 0.4) is 0 Å². The van der Waals surface area contributed by atoms with Crippen LogP contribution < -0.4 is 11.5 Å². The lowest BCUT2D eigenvalue weighted by molar-refractivity contribution is -0.143. The van der Waals surface area contributed by atoms with Crippen molar-refractivity contribution < 1.29 is 14.3 Å². The Kier molecular flexibility index (Phi) is 24.7. The number of hydrogen-bond acceptors (Lipinski definition) is 5. The molecular weight excluding hydrogens is 400 g/mol. The lowest BCUT2D eigenvalue weighted by Crippen LogP contribution is -2.11. The van der Waals surface area contributed by atoms with Crippen LogP contribution in [0.2, 0.25) is 0 Å². The summed E-state index contributed by atoms with van der Waals surface area (Å²) in [6.45, 7) is 13.7. The summed E-state index contributed by atoms with van der Waals surface area (Å²) in [6, 6.07) is 16.7. The molecule has 182 valence electrons. The van der Waals surface area contributed by atoms with Crippen LogP contribution in [0.25, 0.3) is 11.1 Å². The fourth-order valence-electron chi connectivity index (χ4n) is 2.72. The Morgan fingerprint density at radius 1 is 0.750 bits per heavy atom. The van der Waals surface area contributed by atoms with E-state index in [1.165, 1.54) is 36.3 Å². The molecular formula is C27H46N2O3. The molecule has 0 spiro atoms. The molecule has 0 atom stereocenters. The Labute approximate surface area is 196 Å². The SMILES string of the molecule is CC.CC.CCC(=O)OCC1c2ccccc2-c2ccccc21.CCC(C)=O.CN.CN. The van der Waals surface area contributed by atoms with Gasteiger partial charge in [0, 0.05) is 18.8 Å². The van der Waals surface area contributed by atoms with E-state index in [2.05, 4.69) is 47.9 Å². The topological polar surface area (TPSA) is 95.4 Å². The predicted octanol–water partition coefficient (Wildman–Crippen LogP) is 5.94. The van der Waals surface area contributed by atoms with E-state index >= 15 is 0 Å². The summed E-state index contributed by atoms with van der Waals surface area (Å²) in [5, 5.41) is 0. The fourth-order valence-corrected chi connectivity index (χ4v) is 2.72. The van der Waals surface area contributed by atoms with Gasteiger partial charge in [-0.1, -0.05) is 90.1 Å². The second-order valence-electron chi connectivity index (χ2n) is 5.82. The molecule has 0 saturated carbocycles. The molecule has 0 aliphatic heterocycles. The van der Waals surface area contributed by atoms with Crippen molar-refractivity contribution in [1.29, 1.82) is 0 Å². The highest BCUT2D eigenvalue weighted by atomic mass is 16.5. The zero-order valence-electron chi connectivity index (χ0n) is 21.7. The summed E-state index contributed by atoms with van der Waals surface area (Å²) >= 11 is 0. The maximum absolute atomic E-state index is 11.4. The van der Waals surface area contributed by atoms with Crippen molar-refractivity contribution in [3.05, 3.63) is 59.7 Å². The van der Waals surface area contributed by atoms with Gasteiger partial charge in [0.15, 0.2) is 0 Å². The molecule has 0 heterocycles. The first-order valence-corrected chi connectivity index (χ1v) is 11.6. The molecule has 0 radical (unpaired) electrons. The number of hydrogen-bond donors (Lipinski definition) is 2. The van der Waals surface area contributed by atoms with Crippen molar-refractivity contribution in [2.24, 2.45) is 11.5 Å². The summed E-state index contributed by atoms with van der Waals surface area (Å²) in [5.74, 6) is 0.287. The first-order valence-electron chi connectivity index (χ1n) is 11.6. The van der Waals surface area contributed by atoms with Gasteiger partial charge in [-0.05, 0) is 43.3 Å². The average molecular weight is 447 g/mol. The molecule has 4 N–H and O–H groups in total. The molecule has 3 rings (SSSR count). The lowest BCUT2D eigenvalue weighted by Gasteiger charge is -2.13. The van der Waals surface area contributed by atoms with E-state index in [4.69, 9.17) is 4.74 Å². The minimum atomic E-state index is -0.137. The van der Waals surface area contributed by atoms with Crippen LogP contribution in [0.1, 0.15) is 78.4 Å². The summed E-state index contributed by atoms with van der Waals surface area (Å²) in [4.78, 5) is 21.2. The third kappa shape index (κ3) is 11.8. The minimum absolute atomic E-state index is 0.137. The molecule has 1 aliphatic rings. The van der Waals surface area contributed by atoms with Crippen molar-refractivity contribution in [3.63, 3.8) is 0 Å². The molecule has 5 nitrogen and oxygen atoms in total. The van der Waals surface area contributed by atoms with Gasteiger partial charge >= 0.3 is 5.97 Å². The number of ether oxygens (including phenoxy) is 1. The Hall–Kier alpha value is -2.50. The summed E-state index contributed by atoms with van der Waals surface area (Å²) < 4.78 is 5.35. The van der Waals surface area contributed by atoms with Crippen LogP contribution in [0, 0.1) is 0 Å². The summed E-state index contributed by atoms with van der Waals surface area (Å²) in [5.41, 5.74) is 14.0. The molecule has 0 saturated heterocycles. The lowest BCUT2D eigenvalue weighted by atomic mass is 9.98. The number of esters is 1. The van der Waals surface area contributed by atoms with Crippen LogP contribution in [0.5, 0.6) is 0 Å². The minimum Gasteiger partial charge on any atom is -0.465 e. The van der Waals surface area contributed by atoms with E-state index < -0.39 is 0 Å². The number of rotatable bonds is 4. The predicted molar refractivity (Wildman–Crippen MR) is 139 cm³/mol. The number of carbonyl (C=O) groups is 2. The molecule has 0 bridgehead atoms. The van der Waals surface area contributed by atoms with Crippen LogP contribution in [0.4, 0.5) is 0 Å². The third-order valence-corrected chi connectivity index (χ3v) is 4.16. The molecule has 1 aliphatic carbocycles. The zero-order valence-corrected chi connectivity index (χ0v) is 21.7. The fraction of sp³-hybridized carbons (Fsp3) is 0.481. The van der Waals surface area contributed by atoms with E-state index in [0.717, 1.165) is 0 Å². The number of benzene rings is 2. The standard InChI is InChI=1S/C17H16O2.C4H8O.2C2H6.2CH5N/c1-2-17(18)19-11-16-14-9-5-3-7-12(14)13-8-4-6-10-15(13)16;1-3-4(2)5;4*1-2/h3-10,16H,2,11H2,1H3;3H2,1-2H3;2*1-2H3;2*2H2,1H3. The zero-order chi connectivity index (χ0) is 25.5. The monoisotopic (exact) mass is 446 g/mol. The first-order chi connectivity index (χ1) is 15.6. The molecule has 2 aromatic rings. The number of Topliss-reactive ketones (excluding diaryl/α,β-unsaturated/α-hetero) is 1. The van der Waals surface area contributed by atoms with E-state index in [1.807, 2.05) is 53.7 Å². The van der Waals surface area contributed by atoms with Crippen molar-refractivity contribution in [1.82, 2.24) is 0 Å². The Morgan fingerprint density at radius 3 is 1.41 bits per heavy atom. The third-order valence-electron chi connectivity index (χ3n) is 4.16. The van der Waals surface area contributed by atoms with Gasteiger partial charge in [0.25, 0.3) is 0 Å². The van der Waals surface area contributed by atoms with Gasteiger partial charge in [0.2, 0.25) is 0 Å². The molecule has 0 amide bonds.